The van der Waals surface area contributed by atoms with Crippen LogP contribution in [0.5, 0.6) is 11.5 Å². The molecule has 1 unspecified atom stereocenters. The highest BCUT2D eigenvalue weighted by atomic mass is 16.5. The third-order valence-corrected chi connectivity index (χ3v) is 4.24. The van der Waals surface area contributed by atoms with Crippen molar-refractivity contribution in [2.75, 3.05) is 33.9 Å². The molecular weight excluding hydrogens is 264 g/mol. The average molecular weight is 292 g/mol. The van der Waals surface area contributed by atoms with Gasteiger partial charge in [0.1, 0.15) is 0 Å². The van der Waals surface area contributed by atoms with Gasteiger partial charge in [0.15, 0.2) is 11.5 Å². The van der Waals surface area contributed by atoms with Gasteiger partial charge in [-0.25, -0.2) is 0 Å². The Bertz CT molecular complexity index is 448. The van der Waals surface area contributed by atoms with Crippen LogP contribution in [0.4, 0.5) is 0 Å². The fourth-order valence-electron chi connectivity index (χ4n) is 2.88. The van der Waals surface area contributed by atoms with Crippen molar-refractivity contribution in [1.82, 2.24) is 10.2 Å². The van der Waals surface area contributed by atoms with Crippen LogP contribution < -0.4 is 14.8 Å². The van der Waals surface area contributed by atoms with Crippen molar-refractivity contribution in [3.63, 3.8) is 0 Å². The molecule has 118 valence electrons. The molecule has 1 atom stereocenters. The minimum Gasteiger partial charge on any atom is -0.493 e. The van der Waals surface area contributed by atoms with Gasteiger partial charge in [-0.1, -0.05) is 6.07 Å². The lowest BCUT2D eigenvalue weighted by molar-refractivity contribution is 0.268. The van der Waals surface area contributed by atoms with E-state index in [2.05, 4.69) is 36.2 Å². The summed E-state index contributed by atoms with van der Waals surface area (Å²) in [5.74, 6) is 1.60. The van der Waals surface area contributed by atoms with Crippen LogP contribution >= 0.6 is 0 Å². The molecule has 0 aliphatic carbocycles. The maximum atomic E-state index is 5.34. The SMILES string of the molecule is COc1ccc(CCNC2CCN(C(C)C)C2)cc1OC. The molecule has 0 spiro atoms. The molecule has 0 radical (unpaired) electrons. The summed E-state index contributed by atoms with van der Waals surface area (Å²) in [6.45, 7) is 7.93. The minimum atomic E-state index is 0.632. The summed E-state index contributed by atoms with van der Waals surface area (Å²) in [5, 5.41) is 3.67. The summed E-state index contributed by atoms with van der Waals surface area (Å²) in [5.41, 5.74) is 1.28. The molecule has 1 heterocycles. The van der Waals surface area contributed by atoms with E-state index < -0.39 is 0 Å². The van der Waals surface area contributed by atoms with Gasteiger partial charge in [-0.2, -0.15) is 0 Å². The second-order valence-corrected chi connectivity index (χ2v) is 5.97. The van der Waals surface area contributed by atoms with Gasteiger partial charge in [0.05, 0.1) is 14.2 Å². The van der Waals surface area contributed by atoms with Gasteiger partial charge in [0.2, 0.25) is 0 Å². The highest BCUT2D eigenvalue weighted by molar-refractivity contribution is 5.42. The summed E-state index contributed by atoms with van der Waals surface area (Å²) in [4.78, 5) is 2.54. The molecule has 1 aliphatic heterocycles. The first-order valence-electron chi connectivity index (χ1n) is 7.82. The van der Waals surface area contributed by atoms with E-state index in [1.54, 1.807) is 14.2 Å². The average Bonchev–Trinajstić information content (AvgIpc) is 2.96. The van der Waals surface area contributed by atoms with Crippen LogP contribution in [-0.2, 0) is 6.42 Å². The van der Waals surface area contributed by atoms with Gasteiger partial charge in [0.25, 0.3) is 0 Å². The summed E-state index contributed by atoms with van der Waals surface area (Å²) in [6.07, 6.45) is 2.27. The number of hydrogen-bond acceptors (Lipinski definition) is 4. The molecule has 1 aromatic rings. The lowest BCUT2D eigenvalue weighted by Gasteiger charge is -2.20. The van der Waals surface area contributed by atoms with E-state index in [1.807, 2.05) is 6.07 Å². The van der Waals surface area contributed by atoms with Crippen molar-refractivity contribution in [1.29, 1.82) is 0 Å². The Morgan fingerprint density at radius 2 is 2.00 bits per heavy atom. The summed E-state index contributed by atoms with van der Waals surface area (Å²) >= 11 is 0. The van der Waals surface area contributed by atoms with Crippen molar-refractivity contribution >= 4 is 0 Å². The van der Waals surface area contributed by atoms with Crippen molar-refractivity contribution in [2.45, 2.75) is 38.8 Å². The Balaban J connectivity index is 1.79. The quantitative estimate of drug-likeness (QED) is 0.836. The topological polar surface area (TPSA) is 33.7 Å². The maximum Gasteiger partial charge on any atom is 0.160 e. The largest absolute Gasteiger partial charge is 0.493 e. The summed E-state index contributed by atoms with van der Waals surface area (Å²) < 4.78 is 10.6. The van der Waals surface area contributed by atoms with Crippen LogP contribution in [0.3, 0.4) is 0 Å². The molecule has 21 heavy (non-hydrogen) atoms. The monoisotopic (exact) mass is 292 g/mol. The number of hydrogen-bond donors (Lipinski definition) is 1. The van der Waals surface area contributed by atoms with Crippen LogP contribution in [0.15, 0.2) is 18.2 Å². The van der Waals surface area contributed by atoms with Crippen LogP contribution in [0, 0.1) is 0 Å². The highest BCUT2D eigenvalue weighted by Crippen LogP contribution is 2.27. The number of benzene rings is 1. The Morgan fingerprint density at radius 1 is 1.24 bits per heavy atom. The summed E-state index contributed by atoms with van der Waals surface area (Å²) in [6, 6.07) is 7.44. The molecule has 1 aromatic carbocycles. The van der Waals surface area contributed by atoms with E-state index in [0.717, 1.165) is 24.5 Å². The van der Waals surface area contributed by atoms with E-state index >= 15 is 0 Å². The number of likely N-dealkylation sites (tertiary alicyclic amines) is 1. The Morgan fingerprint density at radius 3 is 2.62 bits per heavy atom. The second kappa shape index (κ2) is 7.66. The maximum absolute atomic E-state index is 5.34. The van der Waals surface area contributed by atoms with Gasteiger partial charge in [-0.15, -0.1) is 0 Å². The smallest absolute Gasteiger partial charge is 0.160 e. The summed E-state index contributed by atoms with van der Waals surface area (Å²) in [7, 11) is 3.35. The third kappa shape index (κ3) is 4.35. The number of rotatable bonds is 7. The van der Waals surface area contributed by atoms with Gasteiger partial charge >= 0.3 is 0 Å². The fraction of sp³-hybridized carbons (Fsp3) is 0.647. The van der Waals surface area contributed by atoms with E-state index in [1.165, 1.54) is 25.1 Å². The number of nitrogens with zero attached hydrogens (tertiary/aromatic N) is 1. The first-order chi connectivity index (χ1) is 10.1. The van der Waals surface area contributed by atoms with Gasteiger partial charge < -0.3 is 14.8 Å². The van der Waals surface area contributed by atoms with Crippen LogP contribution in [-0.4, -0.2) is 50.8 Å². The first kappa shape index (κ1) is 16.1. The zero-order valence-corrected chi connectivity index (χ0v) is 13.7. The van der Waals surface area contributed by atoms with Crippen LogP contribution in [0.1, 0.15) is 25.8 Å². The molecule has 0 aromatic heterocycles. The molecule has 0 saturated carbocycles. The Labute approximate surface area is 128 Å². The molecular formula is C17H28N2O2. The zero-order valence-electron chi connectivity index (χ0n) is 13.7. The van der Waals surface area contributed by atoms with Crippen molar-refractivity contribution in [3.8, 4) is 11.5 Å². The third-order valence-electron chi connectivity index (χ3n) is 4.24. The number of ether oxygens (including phenoxy) is 2. The molecule has 1 fully saturated rings. The van der Waals surface area contributed by atoms with E-state index in [0.29, 0.717) is 12.1 Å². The predicted octanol–water partition coefficient (Wildman–Crippen LogP) is 2.32. The van der Waals surface area contributed by atoms with Crippen LogP contribution in [0.25, 0.3) is 0 Å². The molecule has 0 amide bonds. The Kier molecular flexibility index (Phi) is 5.88. The first-order valence-corrected chi connectivity index (χ1v) is 7.82. The highest BCUT2D eigenvalue weighted by Gasteiger charge is 2.23. The molecule has 4 heteroatoms. The predicted molar refractivity (Wildman–Crippen MR) is 86.4 cm³/mol. The van der Waals surface area contributed by atoms with E-state index in [9.17, 15) is 0 Å². The molecule has 1 N–H and O–H groups in total. The van der Waals surface area contributed by atoms with Crippen molar-refractivity contribution in [2.24, 2.45) is 0 Å². The lowest BCUT2D eigenvalue weighted by atomic mass is 10.1. The molecule has 1 saturated heterocycles. The Hall–Kier alpha value is -1.26. The van der Waals surface area contributed by atoms with Crippen molar-refractivity contribution < 1.29 is 9.47 Å². The molecule has 2 rings (SSSR count). The van der Waals surface area contributed by atoms with Gasteiger partial charge in [-0.05, 0) is 57.5 Å². The van der Waals surface area contributed by atoms with E-state index in [4.69, 9.17) is 9.47 Å². The standard InChI is InChI=1S/C17H28N2O2/c1-13(2)19-10-8-15(12-19)18-9-7-14-5-6-16(20-3)17(11-14)21-4/h5-6,11,13,15,18H,7-10,12H2,1-4H3. The molecule has 0 bridgehead atoms. The lowest BCUT2D eigenvalue weighted by Crippen LogP contribution is -2.36. The van der Waals surface area contributed by atoms with Gasteiger partial charge in [0, 0.05) is 18.6 Å². The second-order valence-electron chi connectivity index (χ2n) is 5.97. The zero-order chi connectivity index (χ0) is 15.2. The van der Waals surface area contributed by atoms with Crippen LogP contribution in [0.2, 0.25) is 0 Å². The van der Waals surface area contributed by atoms with E-state index in [-0.39, 0.29) is 0 Å². The fourth-order valence-corrected chi connectivity index (χ4v) is 2.88. The molecule has 4 nitrogen and oxygen atoms in total. The molecule has 1 aliphatic rings. The van der Waals surface area contributed by atoms with Gasteiger partial charge in [-0.3, -0.25) is 4.90 Å². The number of nitrogens with one attached hydrogen (secondary N) is 1. The number of methoxy groups -OCH3 is 2. The van der Waals surface area contributed by atoms with Crippen molar-refractivity contribution in [3.05, 3.63) is 23.8 Å². The minimum absolute atomic E-state index is 0.632. The normalized spacial score (nSPS) is 19.2.